The van der Waals surface area contributed by atoms with E-state index in [9.17, 15) is 13.2 Å². The molecule has 130 valence electrons. The average Bonchev–Trinajstić information content (AvgIpc) is 3.00. The molecular weight excluding hydrogens is 364 g/mol. The van der Waals surface area contributed by atoms with E-state index < -0.39 is 10.0 Å². The first-order valence-electron chi connectivity index (χ1n) is 7.39. The number of sulfonamides is 1. The molecule has 0 fully saturated rings. The average molecular weight is 385 g/mol. The number of carbonyl (C=O) groups is 1. The molecule has 0 aliphatic rings. The zero-order valence-corrected chi connectivity index (χ0v) is 15.9. The number of hydrogen-bond acceptors (Lipinski definition) is 5. The summed E-state index contributed by atoms with van der Waals surface area (Å²) in [4.78, 5) is 13.3. The normalized spacial score (nSPS) is 11.6. The van der Waals surface area contributed by atoms with Crippen molar-refractivity contribution < 1.29 is 13.2 Å². The minimum atomic E-state index is -3.51. The van der Waals surface area contributed by atoms with Gasteiger partial charge < -0.3 is 5.32 Å². The van der Waals surface area contributed by atoms with E-state index in [4.69, 9.17) is 0 Å². The Morgan fingerprint density at radius 3 is 2.50 bits per heavy atom. The molecule has 0 aliphatic carbocycles. The van der Waals surface area contributed by atoms with Crippen LogP contribution in [0.15, 0.2) is 46.7 Å². The van der Waals surface area contributed by atoms with Crippen LogP contribution in [0.25, 0.3) is 0 Å². The fourth-order valence-corrected chi connectivity index (χ4v) is 4.85. The molecule has 0 saturated carbocycles. The van der Waals surface area contributed by atoms with E-state index in [2.05, 4.69) is 10.0 Å². The van der Waals surface area contributed by atoms with Gasteiger partial charge in [0.1, 0.15) is 0 Å². The maximum atomic E-state index is 12.0. The van der Waals surface area contributed by atoms with Crippen LogP contribution in [0.1, 0.15) is 18.7 Å². The lowest BCUT2D eigenvalue weighted by atomic mass is 10.3. The highest BCUT2D eigenvalue weighted by atomic mass is 32.2. The number of benzene rings is 1. The molecular formula is C16H20N2O3S3. The molecule has 1 amide bonds. The number of rotatable bonds is 8. The van der Waals surface area contributed by atoms with Crippen LogP contribution >= 0.6 is 23.1 Å². The smallest absolute Gasteiger partial charge is 0.240 e. The summed E-state index contributed by atoms with van der Waals surface area (Å²) in [5, 5.41) is 4.78. The third-order valence-corrected chi connectivity index (χ3v) is 6.61. The standard InChI is InChI=1S/C16H20N2O3S3/c1-12(2)18-24(20,21)15-7-5-13(6-8-15)17-16(19)11-22-10-14-4-3-9-23-14/h3-9,12,18H,10-11H2,1-2H3,(H,17,19). The van der Waals surface area contributed by atoms with Gasteiger partial charge in [0.2, 0.25) is 15.9 Å². The monoisotopic (exact) mass is 384 g/mol. The van der Waals surface area contributed by atoms with E-state index in [1.807, 2.05) is 17.5 Å². The largest absolute Gasteiger partial charge is 0.325 e. The van der Waals surface area contributed by atoms with Crippen molar-refractivity contribution in [1.29, 1.82) is 0 Å². The third kappa shape index (κ3) is 5.94. The third-order valence-electron chi connectivity index (χ3n) is 2.90. The van der Waals surface area contributed by atoms with E-state index in [1.54, 1.807) is 49.1 Å². The van der Waals surface area contributed by atoms with Crippen molar-refractivity contribution in [2.45, 2.75) is 30.5 Å². The van der Waals surface area contributed by atoms with Gasteiger partial charge in [-0.2, -0.15) is 0 Å². The van der Waals surface area contributed by atoms with Gasteiger partial charge in [0.25, 0.3) is 0 Å². The van der Waals surface area contributed by atoms with Crippen LogP contribution in [0, 0.1) is 0 Å². The van der Waals surface area contributed by atoms with Crippen molar-refractivity contribution in [3.05, 3.63) is 46.7 Å². The first-order valence-corrected chi connectivity index (χ1v) is 10.9. The summed E-state index contributed by atoms with van der Waals surface area (Å²) in [7, 11) is -3.51. The molecule has 1 aromatic heterocycles. The van der Waals surface area contributed by atoms with E-state index in [0.717, 1.165) is 5.75 Å². The van der Waals surface area contributed by atoms with Crippen LogP contribution in [0.5, 0.6) is 0 Å². The fourth-order valence-electron chi connectivity index (χ4n) is 1.93. The Bertz CT molecular complexity index is 754. The van der Waals surface area contributed by atoms with Gasteiger partial charge in [0, 0.05) is 22.4 Å². The molecule has 24 heavy (non-hydrogen) atoms. The van der Waals surface area contributed by atoms with Crippen LogP contribution in [0.2, 0.25) is 0 Å². The fraction of sp³-hybridized carbons (Fsp3) is 0.312. The summed E-state index contributed by atoms with van der Waals surface area (Å²) in [5.74, 6) is 1.06. The van der Waals surface area contributed by atoms with Crippen molar-refractivity contribution in [2.75, 3.05) is 11.1 Å². The number of amides is 1. The molecule has 0 aliphatic heterocycles. The van der Waals surface area contributed by atoms with Gasteiger partial charge in [-0.3, -0.25) is 4.79 Å². The van der Waals surface area contributed by atoms with Gasteiger partial charge in [0.05, 0.1) is 10.6 Å². The van der Waals surface area contributed by atoms with E-state index in [-0.39, 0.29) is 16.8 Å². The first kappa shape index (κ1) is 19.0. The molecule has 8 heteroatoms. The topological polar surface area (TPSA) is 75.3 Å². The second-order valence-electron chi connectivity index (χ2n) is 5.42. The zero-order chi connectivity index (χ0) is 17.6. The Hall–Kier alpha value is -1.35. The Kier molecular flexibility index (Phi) is 6.85. The van der Waals surface area contributed by atoms with Crippen LogP contribution in [0.3, 0.4) is 0 Å². The SMILES string of the molecule is CC(C)NS(=O)(=O)c1ccc(NC(=O)CSCc2cccs2)cc1. The van der Waals surface area contributed by atoms with Crippen LogP contribution < -0.4 is 10.0 Å². The van der Waals surface area contributed by atoms with Gasteiger partial charge >= 0.3 is 0 Å². The summed E-state index contributed by atoms with van der Waals surface area (Å²) in [6.07, 6.45) is 0. The van der Waals surface area contributed by atoms with Gasteiger partial charge in [-0.1, -0.05) is 6.07 Å². The highest BCUT2D eigenvalue weighted by Crippen LogP contribution is 2.18. The molecule has 1 heterocycles. The summed E-state index contributed by atoms with van der Waals surface area (Å²) >= 11 is 3.22. The maximum Gasteiger partial charge on any atom is 0.240 e. The molecule has 2 aromatic rings. The number of thioether (sulfide) groups is 1. The van der Waals surface area contributed by atoms with Crippen molar-refractivity contribution in [1.82, 2.24) is 4.72 Å². The van der Waals surface area contributed by atoms with Crippen LogP contribution in [0.4, 0.5) is 5.69 Å². The molecule has 1 aromatic carbocycles. The van der Waals surface area contributed by atoms with Gasteiger partial charge in [0.15, 0.2) is 0 Å². The molecule has 0 radical (unpaired) electrons. The second-order valence-corrected chi connectivity index (χ2v) is 9.15. The molecule has 2 N–H and O–H groups in total. The summed E-state index contributed by atoms with van der Waals surface area (Å²) in [6.45, 7) is 3.53. The van der Waals surface area contributed by atoms with Crippen molar-refractivity contribution in [3.8, 4) is 0 Å². The molecule has 2 rings (SSSR count). The van der Waals surface area contributed by atoms with Crippen molar-refractivity contribution in [3.63, 3.8) is 0 Å². The van der Waals surface area contributed by atoms with Crippen LogP contribution in [-0.4, -0.2) is 26.1 Å². The second kappa shape index (κ2) is 8.66. The predicted octanol–water partition coefficient (Wildman–Crippen LogP) is 3.31. The number of nitrogens with one attached hydrogen (secondary N) is 2. The highest BCUT2D eigenvalue weighted by Gasteiger charge is 2.15. The Morgan fingerprint density at radius 1 is 1.21 bits per heavy atom. The maximum absolute atomic E-state index is 12.0. The first-order chi connectivity index (χ1) is 11.4. The Balaban J connectivity index is 1.85. The molecule has 0 unspecified atom stereocenters. The molecule has 0 spiro atoms. The minimum absolute atomic E-state index is 0.104. The van der Waals surface area contributed by atoms with E-state index >= 15 is 0 Å². The van der Waals surface area contributed by atoms with Gasteiger partial charge in [-0.15, -0.1) is 23.1 Å². The Labute approximate surface area is 150 Å². The number of carbonyl (C=O) groups excluding carboxylic acids is 1. The lowest BCUT2D eigenvalue weighted by Crippen LogP contribution is -2.30. The van der Waals surface area contributed by atoms with Crippen molar-refractivity contribution in [2.24, 2.45) is 0 Å². The molecule has 0 bridgehead atoms. The molecule has 5 nitrogen and oxygen atoms in total. The van der Waals surface area contributed by atoms with E-state index in [0.29, 0.717) is 11.4 Å². The number of anilines is 1. The quantitative estimate of drug-likeness (QED) is 0.732. The lowest BCUT2D eigenvalue weighted by Gasteiger charge is -2.10. The number of hydrogen-bond donors (Lipinski definition) is 2. The van der Waals surface area contributed by atoms with E-state index in [1.165, 1.54) is 17.0 Å². The zero-order valence-electron chi connectivity index (χ0n) is 13.5. The predicted molar refractivity (Wildman–Crippen MR) is 101 cm³/mol. The van der Waals surface area contributed by atoms with Crippen LogP contribution in [-0.2, 0) is 20.6 Å². The highest BCUT2D eigenvalue weighted by molar-refractivity contribution is 7.99. The summed E-state index contributed by atoms with van der Waals surface area (Å²) < 4.78 is 26.6. The summed E-state index contributed by atoms with van der Waals surface area (Å²) in [5.41, 5.74) is 0.584. The van der Waals surface area contributed by atoms with Crippen molar-refractivity contribution >= 4 is 44.7 Å². The lowest BCUT2D eigenvalue weighted by molar-refractivity contribution is -0.113. The summed E-state index contributed by atoms with van der Waals surface area (Å²) in [6, 6.07) is 10.0. The van der Waals surface area contributed by atoms with Gasteiger partial charge in [-0.05, 0) is 49.6 Å². The van der Waals surface area contributed by atoms with Gasteiger partial charge in [-0.25, -0.2) is 13.1 Å². The number of thiophene rings is 1. The Morgan fingerprint density at radius 2 is 1.92 bits per heavy atom. The minimum Gasteiger partial charge on any atom is -0.325 e. The molecule has 0 atom stereocenters. The molecule has 0 saturated heterocycles.